The lowest BCUT2D eigenvalue weighted by atomic mass is 9.61. The molecule has 0 aliphatic heterocycles. The maximum absolute atomic E-state index is 2.45. The van der Waals surface area contributed by atoms with Gasteiger partial charge in [-0.25, -0.2) is 0 Å². The van der Waals surface area contributed by atoms with Gasteiger partial charge in [0.2, 0.25) is 0 Å². The Labute approximate surface area is 167 Å². The molecule has 0 aromatic heterocycles. The normalized spacial score (nSPS) is 26.0. The third kappa shape index (κ3) is 8.79. The van der Waals surface area contributed by atoms with Crippen molar-refractivity contribution in [1.29, 1.82) is 0 Å². The largest absolute Gasteiger partial charge is 0.0654 e. The molecule has 156 valence electrons. The van der Waals surface area contributed by atoms with Gasteiger partial charge in [-0.15, -0.1) is 0 Å². The van der Waals surface area contributed by atoms with Crippen LogP contribution in [0.1, 0.15) is 144 Å². The van der Waals surface area contributed by atoms with Crippen LogP contribution in [0.5, 0.6) is 0 Å². The highest BCUT2D eigenvalue weighted by molar-refractivity contribution is 4.89. The van der Waals surface area contributed by atoms with Gasteiger partial charge in [0.15, 0.2) is 0 Å². The summed E-state index contributed by atoms with van der Waals surface area (Å²) < 4.78 is 0. The van der Waals surface area contributed by atoms with Crippen LogP contribution < -0.4 is 0 Å². The smallest absolute Gasteiger partial charge is 0.0292 e. The average molecular weight is 365 g/mol. The van der Waals surface area contributed by atoms with E-state index in [1.54, 1.807) is 25.7 Å². The third-order valence-corrected chi connectivity index (χ3v) is 7.66. The van der Waals surface area contributed by atoms with Crippen LogP contribution in [0.2, 0.25) is 0 Å². The molecule has 0 heterocycles. The fourth-order valence-electron chi connectivity index (χ4n) is 5.67. The SMILES string of the molecule is CCCCC1CCC(CC(CC)CCCC)(CC(CC)CCCC)CC1. The van der Waals surface area contributed by atoms with E-state index in [1.807, 2.05) is 0 Å². The van der Waals surface area contributed by atoms with Gasteiger partial charge in [0, 0.05) is 0 Å². The Bertz CT molecular complexity index is 290. The van der Waals surface area contributed by atoms with Gasteiger partial charge in [-0.3, -0.25) is 0 Å². The molecular formula is C26H52. The molecule has 0 N–H and O–H groups in total. The van der Waals surface area contributed by atoms with Crippen molar-refractivity contribution in [2.45, 2.75) is 144 Å². The van der Waals surface area contributed by atoms with Crippen LogP contribution in [-0.4, -0.2) is 0 Å². The summed E-state index contributed by atoms with van der Waals surface area (Å²) >= 11 is 0. The summed E-state index contributed by atoms with van der Waals surface area (Å²) in [5.74, 6) is 3.03. The number of rotatable bonds is 15. The first-order chi connectivity index (χ1) is 12.6. The van der Waals surface area contributed by atoms with E-state index in [9.17, 15) is 0 Å². The van der Waals surface area contributed by atoms with E-state index in [0.717, 1.165) is 17.8 Å². The summed E-state index contributed by atoms with van der Waals surface area (Å²) in [6, 6.07) is 0. The Morgan fingerprint density at radius 2 is 1.15 bits per heavy atom. The summed E-state index contributed by atoms with van der Waals surface area (Å²) in [4.78, 5) is 0. The lowest BCUT2D eigenvalue weighted by Crippen LogP contribution is -2.32. The fourth-order valence-corrected chi connectivity index (χ4v) is 5.67. The first-order valence-electron chi connectivity index (χ1n) is 12.6. The fraction of sp³-hybridized carbons (Fsp3) is 1.00. The molecule has 1 fully saturated rings. The van der Waals surface area contributed by atoms with Gasteiger partial charge in [0.05, 0.1) is 0 Å². The van der Waals surface area contributed by atoms with E-state index in [1.165, 1.54) is 83.5 Å². The minimum Gasteiger partial charge on any atom is -0.0654 e. The molecule has 1 aliphatic carbocycles. The monoisotopic (exact) mass is 364 g/mol. The topological polar surface area (TPSA) is 0 Å². The van der Waals surface area contributed by atoms with Gasteiger partial charge in [-0.05, 0) is 61.7 Å². The molecule has 0 amide bonds. The maximum Gasteiger partial charge on any atom is -0.0292 e. The lowest BCUT2D eigenvalue weighted by Gasteiger charge is -2.44. The molecule has 1 aliphatic rings. The Kier molecular flexibility index (Phi) is 13.0. The summed E-state index contributed by atoms with van der Waals surface area (Å²) in [6.45, 7) is 12.0. The van der Waals surface area contributed by atoms with Gasteiger partial charge in [-0.2, -0.15) is 0 Å². The molecular weight excluding hydrogens is 312 g/mol. The second kappa shape index (κ2) is 14.1. The molecule has 0 radical (unpaired) electrons. The zero-order valence-corrected chi connectivity index (χ0v) is 19.3. The van der Waals surface area contributed by atoms with Crippen LogP contribution in [-0.2, 0) is 0 Å². The van der Waals surface area contributed by atoms with Crippen molar-refractivity contribution < 1.29 is 0 Å². The molecule has 0 spiro atoms. The lowest BCUT2D eigenvalue weighted by molar-refractivity contribution is 0.0706. The van der Waals surface area contributed by atoms with Crippen molar-refractivity contribution in [3.63, 3.8) is 0 Å². The van der Waals surface area contributed by atoms with Gasteiger partial charge < -0.3 is 0 Å². The Morgan fingerprint density at radius 3 is 1.54 bits per heavy atom. The van der Waals surface area contributed by atoms with Gasteiger partial charge in [0.25, 0.3) is 0 Å². The Balaban J connectivity index is 2.73. The summed E-state index contributed by atoms with van der Waals surface area (Å²) in [7, 11) is 0. The van der Waals surface area contributed by atoms with Gasteiger partial charge in [0.1, 0.15) is 0 Å². The van der Waals surface area contributed by atoms with Gasteiger partial charge in [-0.1, -0.05) is 105 Å². The first-order valence-corrected chi connectivity index (χ1v) is 12.6. The molecule has 1 rings (SSSR count). The van der Waals surface area contributed by atoms with Crippen molar-refractivity contribution in [1.82, 2.24) is 0 Å². The summed E-state index contributed by atoms with van der Waals surface area (Å²) in [5, 5.41) is 0. The Hall–Kier alpha value is 0. The van der Waals surface area contributed by atoms with E-state index in [-0.39, 0.29) is 0 Å². The van der Waals surface area contributed by atoms with Crippen LogP contribution in [0.3, 0.4) is 0 Å². The average Bonchev–Trinajstić information content (AvgIpc) is 2.68. The summed E-state index contributed by atoms with van der Waals surface area (Å²) in [5.41, 5.74) is 0.700. The van der Waals surface area contributed by atoms with Crippen molar-refractivity contribution >= 4 is 0 Å². The minimum atomic E-state index is 0.700. The van der Waals surface area contributed by atoms with Crippen LogP contribution in [0, 0.1) is 23.2 Å². The first kappa shape index (κ1) is 24.0. The van der Waals surface area contributed by atoms with Crippen molar-refractivity contribution in [2.24, 2.45) is 23.2 Å². The molecule has 2 unspecified atom stereocenters. The quantitative estimate of drug-likeness (QED) is 0.271. The van der Waals surface area contributed by atoms with E-state index in [2.05, 4.69) is 34.6 Å². The van der Waals surface area contributed by atoms with Crippen molar-refractivity contribution in [3.8, 4) is 0 Å². The van der Waals surface area contributed by atoms with Crippen LogP contribution in [0.15, 0.2) is 0 Å². The van der Waals surface area contributed by atoms with E-state index < -0.39 is 0 Å². The summed E-state index contributed by atoms with van der Waals surface area (Å²) in [6.07, 6.45) is 25.0. The van der Waals surface area contributed by atoms with Crippen LogP contribution in [0.4, 0.5) is 0 Å². The van der Waals surface area contributed by atoms with E-state index in [4.69, 9.17) is 0 Å². The molecule has 0 nitrogen and oxygen atoms in total. The molecule has 0 aromatic rings. The second-order valence-corrected chi connectivity index (χ2v) is 9.83. The zero-order valence-electron chi connectivity index (χ0n) is 19.3. The van der Waals surface area contributed by atoms with Gasteiger partial charge >= 0.3 is 0 Å². The number of hydrogen-bond acceptors (Lipinski definition) is 0. The van der Waals surface area contributed by atoms with Crippen LogP contribution >= 0.6 is 0 Å². The van der Waals surface area contributed by atoms with E-state index >= 15 is 0 Å². The molecule has 0 heteroatoms. The third-order valence-electron chi connectivity index (χ3n) is 7.66. The predicted molar refractivity (Wildman–Crippen MR) is 120 cm³/mol. The Morgan fingerprint density at radius 1 is 0.692 bits per heavy atom. The van der Waals surface area contributed by atoms with Crippen LogP contribution in [0.25, 0.3) is 0 Å². The number of unbranched alkanes of at least 4 members (excludes halogenated alkanes) is 3. The molecule has 26 heavy (non-hydrogen) atoms. The minimum absolute atomic E-state index is 0.700. The highest BCUT2D eigenvalue weighted by Crippen LogP contribution is 2.50. The molecule has 0 bridgehead atoms. The number of hydrogen-bond donors (Lipinski definition) is 0. The predicted octanol–water partition coefficient (Wildman–Crippen LogP) is 9.57. The molecule has 0 aromatic carbocycles. The molecule has 0 saturated heterocycles. The highest BCUT2D eigenvalue weighted by atomic mass is 14.4. The maximum atomic E-state index is 2.45. The van der Waals surface area contributed by atoms with Crippen molar-refractivity contribution in [2.75, 3.05) is 0 Å². The standard InChI is InChI=1S/C26H52/c1-6-11-14-23(9-4)21-26(22-24(10-5)15-12-7-2)19-17-25(18-20-26)16-13-8-3/h23-25H,6-22H2,1-5H3. The highest BCUT2D eigenvalue weighted by Gasteiger charge is 2.37. The second-order valence-electron chi connectivity index (χ2n) is 9.83. The molecule has 2 atom stereocenters. The van der Waals surface area contributed by atoms with Crippen molar-refractivity contribution in [3.05, 3.63) is 0 Å². The zero-order chi connectivity index (χ0) is 19.3. The molecule has 1 saturated carbocycles. The van der Waals surface area contributed by atoms with E-state index in [0.29, 0.717) is 5.41 Å².